The molecule has 2 amide bonds. The Morgan fingerprint density at radius 3 is 2.53 bits per heavy atom. The average Bonchev–Trinajstić information content (AvgIpc) is 3.95. The van der Waals surface area contributed by atoms with Crippen molar-refractivity contribution in [3.63, 3.8) is 0 Å². The van der Waals surface area contributed by atoms with Gasteiger partial charge in [0.05, 0.1) is 30.2 Å². The van der Waals surface area contributed by atoms with Crippen molar-refractivity contribution in [3.05, 3.63) is 47.3 Å². The molecule has 3 aliphatic rings. The lowest BCUT2D eigenvalue weighted by molar-refractivity contribution is -0.129. The van der Waals surface area contributed by atoms with Crippen LogP contribution in [0.15, 0.2) is 30.3 Å². The highest BCUT2D eigenvalue weighted by molar-refractivity contribution is 5.96. The van der Waals surface area contributed by atoms with Crippen LogP contribution < -0.4 is 15.8 Å². The molecule has 0 unspecified atom stereocenters. The molecule has 45 heavy (non-hydrogen) atoms. The lowest BCUT2D eigenvalue weighted by atomic mass is 9.95. The van der Waals surface area contributed by atoms with Crippen LogP contribution in [0.25, 0.3) is 28.1 Å². The van der Waals surface area contributed by atoms with E-state index in [0.717, 1.165) is 66.0 Å². The van der Waals surface area contributed by atoms with E-state index in [1.807, 2.05) is 50.8 Å². The normalized spacial score (nSPS) is 19.7. The second-order valence-electron chi connectivity index (χ2n) is 14.4. The Morgan fingerprint density at radius 1 is 1.09 bits per heavy atom. The van der Waals surface area contributed by atoms with Crippen molar-refractivity contribution in [1.29, 1.82) is 0 Å². The number of carbonyl (C=O) groups is 2. The van der Waals surface area contributed by atoms with Crippen molar-refractivity contribution in [2.45, 2.75) is 90.8 Å². The number of fused-ring (bicyclic) bond motifs is 2. The average molecular weight is 612 g/mol. The summed E-state index contributed by atoms with van der Waals surface area (Å²) in [4.78, 5) is 38.6. The summed E-state index contributed by atoms with van der Waals surface area (Å²) in [6.07, 6.45) is 6.44. The number of likely N-dealkylation sites (tertiary alicyclic amines) is 1. The molecule has 5 heterocycles. The Hall–Kier alpha value is -3.92. The van der Waals surface area contributed by atoms with E-state index >= 15 is 0 Å². The van der Waals surface area contributed by atoms with Gasteiger partial charge in [-0.15, -0.1) is 0 Å². The van der Waals surface area contributed by atoms with Crippen LogP contribution >= 0.6 is 0 Å². The number of hydrogen-bond donors (Lipinski definition) is 2. The number of ether oxygens (including phenoxy) is 1. The maximum atomic E-state index is 13.6. The van der Waals surface area contributed by atoms with Gasteiger partial charge in [-0.1, -0.05) is 20.8 Å². The zero-order valence-electron chi connectivity index (χ0n) is 27.1. The van der Waals surface area contributed by atoms with Gasteiger partial charge in [0.25, 0.3) is 5.91 Å². The van der Waals surface area contributed by atoms with Crippen LogP contribution in [0.5, 0.6) is 5.88 Å². The fraction of sp³-hybridized carbons (Fsp3) is 0.543. The van der Waals surface area contributed by atoms with Crippen LogP contribution in [0, 0.1) is 11.3 Å². The number of amides is 2. The maximum Gasteiger partial charge on any atom is 0.254 e. The number of nitrogens with zero attached hydrogens (tertiary/aromatic N) is 5. The predicted molar refractivity (Wildman–Crippen MR) is 174 cm³/mol. The Balaban J connectivity index is 1.34. The minimum atomic E-state index is -0.480. The molecule has 4 aromatic heterocycles. The summed E-state index contributed by atoms with van der Waals surface area (Å²) in [7, 11) is 1.66. The number of hydrogen-bond acceptors (Lipinski definition) is 6. The van der Waals surface area contributed by atoms with Gasteiger partial charge in [-0.3, -0.25) is 14.0 Å². The highest BCUT2D eigenvalue weighted by Crippen LogP contribution is 2.47. The fourth-order valence-corrected chi connectivity index (χ4v) is 6.54. The largest absolute Gasteiger partial charge is 0.482 e. The van der Waals surface area contributed by atoms with E-state index in [-0.39, 0.29) is 23.9 Å². The van der Waals surface area contributed by atoms with Crippen molar-refractivity contribution in [2.75, 3.05) is 20.2 Å². The number of pyridine rings is 2. The molecule has 7 rings (SSSR count). The summed E-state index contributed by atoms with van der Waals surface area (Å²) in [5.41, 5.74) is 11.9. The molecule has 0 aromatic carbocycles. The highest BCUT2D eigenvalue weighted by atomic mass is 16.5. The van der Waals surface area contributed by atoms with Crippen LogP contribution in [-0.4, -0.2) is 61.9 Å². The molecule has 10 heteroatoms. The van der Waals surface area contributed by atoms with Crippen molar-refractivity contribution >= 4 is 28.5 Å². The SMILES string of the molecule is COc1cc(C(=O)N2CCC[C@@H](N)C2)cc2nc(-c3cc4ccc([C@@H](C)NC(=O)C(C)(C)C)nc4n3CC3CC3)c(C3CC3)n12. The van der Waals surface area contributed by atoms with Crippen LogP contribution in [0.4, 0.5) is 0 Å². The quantitative estimate of drug-likeness (QED) is 0.274. The molecule has 3 N–H and O–H groups in total. The Labute approximate surface area is 264 Å². The molecule has 2 saturated carbocycles. The van der Waals surface area contributed by atoms with E-state index in [0.29, 0.717) is 42.0 Å². The number of methoxy groups -OCH3 is 1. The molecular formula is C35H45N7O3. The second-order valence-corrected chi connectivity index (χ2v) is 14.4. The van der Waals surface area contributed by atoms with Crippen molar-refractivity contribution in [2.24, 2.45) is 17.1 Å². The second kappa shape index (κ2) is 11.2. The van der Waals surface area contributed by atoms with E-state index in [9.17, 15) is 9.59 Å². The minimum Gasteiger partial charge on any atom is -0.482 e. The number of carbonyl (C=O) groups excluding carboxylic acids is 2. The summed E-state index contributed by atoms with van der Waals surface area (Å²) in [6, 6.07) is 9.87. The number of aromatic nitrogens is 4. The van der Waals surface area contributed by atoms with Crippen LogP contribution in [0.2, 0.25) is 0 Å². The third kappa shape index (κ3) is 5.69. The van der Waals surface area contributed by atoms with E-state index < -0.39 is 5.41 Å². The lowest BCUT2D eigenvalue weighted by Gasteiger charge is -2.30. The zero-order valence-corrected chi connectivity index (χ0v) is 27.1. The van der Waals surface area contributed by atoms with E-state index in [2.05, 4.69) is 26.4 Å². The first-order chi connectivity index (χ1) is 21.5. The van der Waals surface area contributed by atoms with Crippen LogP contribution in [-0.2, 0) is 11.3 Å². The molecule has 3 fully saturated rings. The molecule has 4 aromatic rings. The number of nitrogens with two attached hydrogens (primary N) is 1. The maximum absolute atomic E-state index is 13.6. The molecule has 1 saturated heterocycles. The summed E-state index contributed by atoms with van der Waals surface area (Å²) in [5, 5.41) is 4.18. The highest BCUT2D eigenvalue weighted by Gasteiger charge is 2.35. The van der Waals surface area contributed by atoms with Gasteiger partial charge >= 0.3 is 0 Å². The van der Waals surface area contributed by atoms with Gasteiger partial charge in [-0.05, 0) is 75.6 Å². The number of piperidine rings is 1. The van der Waals surface area contributed by atoms with Gasteiger partial charge in [-0.25, -0.2) is 9.97 Å². The molecule has 2 aliphatic carbocycles. The molecule has 0 spiro atoms. The Morgan fingerprint density at radius 2 is 1.87 bits per heavy atom. The molecule has 2 atom stereocenters. The van der Waals surface area contributed by atoms with Gasteiger partial charge in [0, 0.05) is 54.0 Å². The van der Waals surface area contributed by atoms with E-state index in [4.69, 9.17) is 20.4 Å². The lowest BCUT2D eigenvalue weighted by Crippen LogP contribution is -2.45. The Bertz CT molecular complexity index is 1790. The monoisotopic (exact) mass is 611 g/mol. The van der Waals surface area contributed by atoms with Gasteiger partial charge < -0.3 is 25.3 Å². The number of nitrogens with one attached hydrogen (secondary N) is 1. The summed E-state index contributed by atoms with van der Waals surface area (Å²) < 4.78 is 10.4. The zero-order chi connectivity index (χ0) is 31.6. The smallest absolute Gasteiger partial charge is 0.254 e. The third-order valence-electron chi connectivity index (χ3n) is 9.51. The van der Waals surface area contributed by atoms with Gasteiger partial charge in [-0.2, -0.15) is 0 Å². The van der Waals surface area contributed by atoms with E-state index in [1.54, 1.807) is 7.11 Å². The van der Waals surface area contributed by atoms with Gasteiger partial charge in [0.15, 0.2) is 5.88 Å². The first-order valence-corrected chi connectivity index (χ1v) is 16.5. The summed E-state index contributed by atoms with van der Waals surface area (Å²) in [5.74, 6) is 1.56. The first-order valence-electron chi connectivity index (χ1n) is 16.5. The van der Waals surface area contributed by atoms with Crippen molar-refractivity contribution in [1.82, 2.24) is 29.2 Å². The van der Waals surface area contributed by atoms with Crippen molar-refractivity contribution in [3.8, 4) is 17.3 Å². The van der Waals surface area contributed by atoms with Crippen LogP contribution in [0.1, 0.15) is 99.9 Å². The first kappa shape index (κ1) is 29.8. The molecule has 10 nitrogen and oxygen atoms in total. The number of rotatable bonds is 8. The molecule has 238 valence electrons. The molecule has 1 aliphatic heterocycles. The predicted octanol–water partition coefficient (Wildman–Crippen LogP) is 5.43. The standard InChI is InChI=1S/C35H45N7O3/c1-20(37-34(44)35(2,3)4)26-13-12-23-15-27(41(32(23)38-26)18-21-8-9-21)30-31(22-10-11-22)42-28(39-30)16-24(17-29(42)45-5)33(43)40-14-6-7-25(36)19-40/h12-13,15-17,20-22,25H,6-11,14,18-19,36H2,1-5H3,(H,37,44)/t20-,25-/m1/s1. The Kier molecular flexibility index (Phi) is 7.38. The summed E-state index contributed by atoms with van der Waals surface area (Å²) in [6.45, 7) is 9.89. The van der Waals surface area contributed by atoms with Crippen molar-refractivity contribution < 1.29 is 14.3 Å². The minimum absolute atomic E-state index is 0.000320. The fourth-order valence-electron chi connectivity index (χ4n) is 6.54. The van der Waals surface area contributed by atoms with Gasteiger partial charge in [0.2, 0.25) is 5.91 Å². The van der Waals surface area contributed by atoms with Gasteiger partial charge in [0.1, 0.15) is 17.0 Å². The van der Waals surface area contributed by atoms with Crippen LogP contribution in [0.3, 0.4) is 0 Å². The molecule has 0 radical (unpaired) electrons. The number of imidazole rings is 1. The molecule has 0 bridgehead atoms. The topological polar surface area (TPSA) is 120 Å². The molecular weight excluding hydrogens is 566 g/mol. The van der Waals surface area contributed by atoms with E-state index in [1.165, 1.54) is 12.8 Å². The summed E-state index contributed by atoms with van der Waals surface area (Å²) >= 11 is 0. The third-order valence-corrected chi connectivity index (χ3v) is 9.51.